The standard InChI is InChI=1S/C9H17B/c1-8(2)5-4-6-9(3)7-10/h9H,1,4-7H2,2-3H3. The normalized spacial score (nSPS) is 13.0. The molecule has 0 aromatic rings. The summed E-state index contributed by atoms with van der Waals surface area (Å²) in [5.74, 6) is 0.680. The monoisotopic (exact) mass is 136 g/mol. The predicted octanol–water partition coefficient (Wildman–Crippen LogP) is 2.96. The Balaban J connectivity index is 3.11. The minimum Gasteiger partial charge on any atom is -0.100 e. The summed E-state index contributed by atoms with van der Waals surface area (Å²) in [6.45, 7) is 8.12. The molecule has 0 N–H and O–H groups in total. The van der Waals surface area contributed by atoms with Gasteiger partial charge in [0, 0.05) is 0 Å². The first-order valence-corrected chi connectivity index (χ1v) is 4.01. The summed E-state index contributed by atoms with van der Waals surface area (Å²) in [4.78, 5) is 0. The summed E-state index contributed by atoms with van der Waals surface area (Å²) in [6.07, 6.45) is 4.46. The number of rotatable bonds is 5. The van der Waals surface area contributed by atoms with Gasteiger partial charge in [-0.25, -0.2) is 0 Å². The van der Waals surface area contributed by atoms with Crippen molar-refractivity contribution in [2.45, 2.75) is 39.4 Å². The summed E-state index contributed by atoms with van der Waals surface area (Å²) in [6, 6.07) is 0. The van der Waals surface area contributed by atoms with E-state index in [9.17, 15) is 0 Å². The molecule has 56 valence electrons. The van der Waals surface area contributed by atoms with Crippen molar-refractivity contribution < 1.29 is 0 Å². The van der Waals surface area contributed by atoms with Gasteiger partial charge in [0.2, 0.25) is 0 Å². The molecule has 0 nitrogen and oxygen atoms in total. The third-order valence-corrected chi connectivity index (χ3v) is 1.70. The van der Waals surface area contributed by atoms with Crippen molar-refractivity contribution in [3.63, 3.8) is 0 Å². The summed E-state index contributed by atoms with van der Waals surface area (Å²) in [7, 11) is 5.47. The van der Waals surface area contributed by atoms with Crippen molar-refractivity contribution in [1.82, 2.24) is 0 Å². The topological polar surface area (TPSA) is 0 Å². The lowest BCUT2D eigenvalue weighted by atomic mass is 9.89. The molecule has 10 heavy (non-hydrogen) atoms. The number of allylic oxidation sites excluding steroid dienone is 1. The Morgan fingerprint density at radius 3 is 2.60 bits per heavy atom. The van der Waals surface area contributed by atoms with E-state index in [1.54, 1.807) is 0 Å². The van der Waals surface area contributed by atoms with Crippen LogP contribution in [0.25, 0.3) is 0 Å². The maximum absolute atomic E-state index is 5.47. The highest BCUT2D eigenvalue weighted by Gasteiger charge is 1.96. The van der Waals surface area contributed by atoms with Gasteiger partial charge in [0.05, 0.1) is 7.85 Å². The van der Waals surface area contributed by atoms with E-state index in [1.807, 2.05) is 0 Å². The first kappa shape index (κ1) is 9.80. The zero-order valence-corrected chi connectivity index (χ0v) is 7.19. The second-order valence-corrected chi connectivity index (χ2v) is 3.19. The first-order chi connectivity index (χ1) is 4.66. The van der Waals surface area contributed by atoms with Gasteiger partial charge in [0.15, 0.2) is 0 Å². The van der Waals surface area contributed by atoms with Crippen LogP contribution >= 0.6 is 0 Å². The Hall–Kier alpha value is -0.195. The molecule has 0 aliphatic rings. The minimum atomic E-state index is 0.680. The maximum Gasteiger partial charge on any atom is 0.0656 e. The van der Waals surface area contributed by atoms with Crippen molar-refractivity contribution in [3.05, 3.63) is 12.2 Å². The molecule has 1 atom stereocenters. The lowest BCUT2D eigenvalue weighted by Gasteiger charge is -2.06. The predicted molar refractivity (Wildman–Crippen MR) is 48.4 cm³/mol. The fraction of sp³-hybridized carbons (Fsp3) is 0.778. The van der Waals surface area contributed by atoms with Crippen molar-refractivity contribution in [2.24, 2.45) is 5.92 Å². The molecule has 0 fully saturated rings. The molecule has 0 amide bonds. The van der Waals surface area contributed by atoms with Crippen LogP contribution in [-0.2, 0) is 0 Å². The summed E-state index contributed by atoms with van der Waals surface area (Å²) in [5, 5.41) is 0. The minimum absolute atomic E-state index is 0.680. The Kier molecular flexibility index (Phi) is 5.47. The average molecular weight is 136 g/mol. The second kappa shape index (κ2) is 5.58. The zero-order chi connectivity index (χ0) is 7.98. The van der Waals surface area contributed by atoms with Gasteiger partial charge in [-0.2, -0.15) is 0 Å². The number of hydrogen-bond acceptors (Lipinski definition) is 0. The quantitative estimate of drug-likeness (QED) is 0.402. The Labute approximate surface area is 66.1 Å². The molecule has 1 unspecified atom stereocenters. The van der Waals surface area contributed by atoms with Gasteiger partial charge >= 0.3 is 0 Å². The van der Waals surface area contributed by atoms with Crippen LogP contribution in [0.4, 0.5) is 0 Å². The van der Waals surface area contributed by atoms with Crippen LogP contribution in [0.3, 0.4) is 0 Å². The molecule has 0 rings (SSSR count). The van der Waals surface area contributed by atoms with Gasteiger partial charge in [-0.05, 0) is 19.8 Å². The SMILES string of the molecule is [B]CC(C)CCCC(=C)C. The van der Waals surface area contributed by atoms with Gasteiger partial charge in [0.25, 0.3) is 0 Å². The van der Waals surface area contributed by atoms with E-state index in [0.29, 0.717) is 5.92 Å². The largest absolute Gasteiger partial charge is 0.100 e. The van der Waals surface area contributed by atoms with Crippen LogP contribution < -0.4 is 0 Å². The van der Waals surface area contributed by atoms with E-state index in [0.717, 1.165) is 12.7 Å². The molecule has 0 aliphatic carbocycles. The van der Waals surface area contributed by atoms with Crippen LogP contribution in [0.2, 0.25) is 6.32 Å². The maximum atomic E-state index is 5.47. The fourth-order valence-electron chi connectivity index (χ4n) is 0.870. The molecular formula is C9H17B. The third-order valence-electron chi connectivity index (χ3n) is 1.70. The zero-order valence-electron chi connectivity index (χ0n) is 7.19. The highest BCUT2D eigenvalue weighted by molar-refractivity contribution is 6.08. The van der Waals surface area contributed by atoms with E-state index >= 15 is 0 Å². The highest BCUT2D eigenvalue weighted by atomic mass is 14.0. The van der Waals surface area contributed by atoms with Crippen molar-refractivity contribution in [2.75, 3.05) is 0 Å². The van der Waals surface area contributed by atoms with Gasteiger partial charge in [-0.1, -0.05) is 31.2 Å². The Morgan fingerprint density at radius 2 is 2.20 bits per heavy atom. The van der Waals surface area contributed by atoms with Crippen LogP contribution in [0.1, 0.15) is 33.1 Å². The molecule has 2 radical (unpaired) electrons. The van der Waals surface area contributed by atoms with Crippen LogP contribution in [0, 0.1) is 5.92 Å². The molecule has 0 aromatic heterocycles. The molecule has 0 aliphatic heterocycles. The smallest absolute Gasteiger partial charge is 0.0656 e. The highest BCUT2D eigenvalue weighted by Crippen LogP contribution is 2.12. The summed E-state index contributed by atoms with van der Waals surface area (Å²) >= 11 is 0. The average Bonchev–Trinajstić information content (AvgIpc) is 1.87. The molecule has 0 saturated carbocycles. The summed E-state index contributed by atoms with van der Waals surface area (Å²) in [5.41, 5.74) is 1.28. The Morgan fingerprint density at radius 1 is 1.60 bits per heavy atom. The second-order valence-electron chi connectivity index (χ2n) is 3.19. The molecule has 0 bridgehead atoms. The first-order valence-electron chi connectivity index (χ1n) is 4.01. The van der Waals surface area contributed by atoms with Crippen molar-refractivity contribution >= 4 is 7.85 Å². The van der Waals surface area contributed by atoms with E-state index in [4.69, 9.17) is 7.85 Å². The number of hydrogen-bond donors (Lipinski definition) is 0. The van der Waals surface area contributed by atoms with E-state index < -0.39 is 0 Å². The molecule has 1 heteroatoms. The summed E-state index contributed by atoms with van der Waals surface area (Å²) < 4.78 is 0. The lowest BCUT2D eigenvalue weighted by Crippen LogP contribution is -1.92. The van der Waals surface area contributed by atoms with Crippen molar-refractivity contribution in [3.8, 4) is 0 Å². The molecule has 0 spiro atoms. The lowest BCUT2D eigenvalue weighted by molar-refractivity contribution is 0.555. The van der Waals surface area contributed by atoms with Crippen molar-refractivity contribution in [1.29, 1.82) is 0 Å². The van der Waals surface area contributed by atoms with Gasteiger partial charge in [-0.15, -0.1) is 6.58 Å². The van der Waals surface area contributed by atoms with Crippen LogP contribution in [0.15, 0.2) is 12.2 Å². The fourth-order valence-corrected chi connectivity index (χ4v) is 0.870. The Bertz CT molecular complexity index is 96.9. The van der Waals surface area contributed by atoms with Gasteiger partial charge in [-0.3, -0.25) is 0 Å². The molecule has 0 heterocycles. The van der Waals surface area contributed by atoms with Crippen LogP contribution in [0.5, 0.6) is 0 Å². The van der Waals surface area contributed by atoms with E-state index in [1.165, 1.54) is 18.4 Å². The molecule has 0 saturated heterocycles. The molecule has 0 aromatic carbocycles. The van der Waals surface area contributed by atoms with E-state index in [2.05, 4.69) is 20.4 Å². The van der Waals surface area contributed by atoms with Gasteiger partial charge < -0.3 is 0 Å². The van der Waals surface area contributed by atoms with Crippen LogP contribution in [-0.4, -0.2) is 7.85 Å². The van der Waals surface area contributed by atoms with E-state index in [-0.39, 0.29) is 0 Å². The third kappa shape index (κ3) is 5.93. The molecular weight excluding hydrogens is 119 g/mol. The van der Waals surface area contributed by atoms with Gasteiger partial charge in [0.1, 0.15) is 0 Å².